The zero-order valence-electron chi connectivity index (χ0n) is 11.0. The molecule has 0 radical (unpaired) electrons. The van der Waals surface area contributed by atoms with Gasteiger partial charge < -0.3 is 14.1 Å². The van der Waals surface area contributed by atoms with Crippen LogP contribution in [0, 0.1) is 0 Å². The molecule has 0 aliphatic heterocycles. The van der Waals surface area contributed by atoms with Crippen molar-refractivity contribution in [2.45, 2.75) is 6.54 Å². The lowest BCUT2D eigenvalue weighted by molar-refractivity contribution is -0.146. The molecule has 0 spiro atoms. The molecule has 9 nitrogen and oxygen atoms in total. The van der Waals surface area contributed by atoms with E-state index >= 15 is 0 Å². The molecular weight excluding hydrogens is 266 g/mol. The summed E-state index contributed by atoms with van der Waals surface area (Å²) >= 11 is 0. The van der Waals surface area contributed by atoms with Crippen LogP contribution < -0.4 is 0 Å². The van der Waals surface area contributed by atoms with E-state index < -0.39 is 5.97 Å². The van der Waals surface area contributed by atoms with Gasteiger partial charge in [0, 0.05) is 7.05 Å². The van der Waals surface area contributed by atoms with E-state index in [-0.39, 0.29) is 19.0 Å². The molecule has 0 saturated heterocycles. The third-order valence-corrected chi connectivity index (χ3v) is 2.49. The number of carbonyl (C=O) groups is 2. The molecule has 106 valence electrons. The number of amides is 1. The minimum absolute atomic E-state index is 0.124. The molecule has 0 aliphatic rings. The molecule has 2 heterocycles. The van der Waals surface area contributed by atoms with Gasteiger partial charge in [-0.25, -0.2) is 0 Å². The second-order valence-electron chi connectivity index (χ2n) is 3.95. The smallest absolute Gasteiger partial charge is 0.325 e. The van der Waals surface area contributed by atoms with E-state index in [1.807, 2.05) is 0 Å². The maximum absolute atomic E-state index is 11.8. The van der Waals surface area contributed by atoms with Gasteiger partial charge >= 0.3 is 5.97 Å². The highest BCUT2D eigenvalue weighted by Crippen LogP contribution is 2.12. The predicted octanol–water partition coefficient (Wildman–Crippen LogP) is -0.435. The largest absolute Gasteiger partial charge is 0.468 e. The van der Waals surface area contributed by atoms with Gasteiger partial charge in [0.05, 0.1) is 13.4 Å². The third kappa shape index (κ3) is 3.19. The van der Waals surface area contributed by atoms with Crippen LogP contribution in [0.25, 0.3) is 11.6 Å². The van der Waals surface area contributed by atoms with Gasteiger partial charge in [-0.05, 0) is 17.3 Å². The van der Waals surface area contributed by atoms with E-state index in [0.717, 1.165) is 4.80 Å². The Bertz CT molecular complexity index is 592. The molecule has 0 unspecified atom stereocenters. The molecule has 0 atom stereocenters. The minimum Gasteiger partial charge on any atom is -0.468 e. The normalized spacial score (nSPS) is 10.3. The Hall–Kier alpha value is -2.71. The zero-order valence-corrected chi connectivity index (χ0v) is 11.0. The fourth-order valence-corrected chi connectivity index (χ4v) is 1.40. The molecule has 2 aromatic heterocycles. The Morgan fingerprint density at radius 2 is 2.30 bits per heavy atom. The molecule has 0 aromatic carbocycles. The number of nitrogens with zero attached hydrogens (tertiary/aromatic N) is 5. The number of likely N-dealkylation sites (N-methyl/N-ethyl adjacent to an activating group) is 1. The summed E-state index contributed by atoms with van der Waals surface area (Å²) in [4.78, 5) is 25.2. The van der Waals surface area contributed by atoms with Crippen LogP contribution in [-0.2, 0) is 20.9 Å². The van der Waals surface area contributed by atoms with Gasteiger partial charge in [0.15, 0.2) is 5.76 Å². The number of carbonyl (C=O) groups excluding carboxylic acids is 2. The van der Waals surface area contributed by atoms with Gasteiger partial charge in [-0.3, -0.25) is 9.59 Å². The van der Waals surface area contributed by atoms with Crippen LogP contribution in [0.15, 0.2) is 22.8 Å². The van der Waals surface area contributed by atoms with Crippen molar-refractivity contribution in [3.8, 4) is 11.6 Å². The molecule has 9 heteroatoms. The summed E-state index contributed by atoms with van der Waals surface area (Å²) in [5, 5.41) is 11.5. The fourth-order valence-electron chi connectivity index (χ4n) is 1.40. The molecule has 2 rings (SSSR count). The van der Waals surface area contributed by atoms with Crippen molar-refractivity contribution in [1.82, 2.24) is 25.1 Å². The highest BCUT2D eigenvalue weighted by Gasteiger charge is 2.16. The first kappa shape index (κ1) is 13.7. The summed E-state index contributed by atoms with van der Waals surface area (Å²) in [5.74, 6) is -0.0764. The maximum Gasteiger partial charge on any atom is 0.325 e. The molecule has 0 bridgehead atoms. The number of rotatable bonds is 5. The van der Waals surface area contributed by atoms with Crippen LogP contribution in [-0.4, -0.2) is 57.7 Å². The van der Waals surface area contributed by atoms with Crippen molar-refractivity contribution in [3.63, 3.8) is 0 Å². The summed E-state index contributed by atoms with van der Waals surface area (Å²) in [6.45, 7) is -0.254. The predicted molar refractivity (Wildman–Crippen MR) is 65.2 cm³/mol. The van der Waals surface area contributed by atoms with Crippen molar-refractivity contribution in [1.29, 1.82) is 0 Å². The summed E-state index contributed by atoms with van der Waals surface area (Å²) in [5.41, 5.74) is 0. The lowest BCUT2D eigenvalue weighted by Crippen LogP contribution is -2.35. The van der Waals surface area contributed by atoms with Crippen molar-refractivity contribution in [3.05, 3.63) is 18.4 Å². The van der Waals surface area contributed by atoms with E-state index in [9.17, 15) is 9.59 Å². The number of hydrogen-bond donors (Lipinski definition) is 0. The summed E-state index contributed by atoms with van der Waals surface area (Å²) in [7, 11) is 2.75. The van der Waals surface area contributed by atoms with Crippen LogP contribution in [0.4, 0.5) is 0 Å². The topological polar surface area (TPSA) is 103 Å². The third-order valence-electron chi connectivity index (χ3n) is 2.49. The van der Waals surface area contributed by atoms with E-state index in [4.69, 9.17) is 4.42 Å². The van der Waals surface area contributed by atoms with Gasteiger partial charge in [0.2, 0.25) is 11.7 Å². The Labute approximate surface area is 114 Å². The van der Waals surface area contributed by atoms with Crippen molar-refractivity contribution < 1.29 is 18.7 Å². The summed E-state index contributed by atoms with van der Waals surface area (Å²) in [6.07, 6.45) is 1.49. The zero-order chi connectivity index (χ0) is 14.5. The van der Waals surface area contributed by atoms with Gasteiger partial charge in [-0.2, -0.15) is 4.80 Å². The lowest BCUT2D eigenvalue weighted by atomic mass is 10.4. The van der Waals surface area contributed by atoms with E-state index in [1.165, 1.54) is 25.3 Å². The average molecular weight is 279 g/mol. The van der Waals surface area contributed by atoms with Gasteiger partial charge in [-0.1, -0.05) is 0 Å². The lowest BCUT2D eigenvalue weighted by Gasteiger charge is -2.14. The second kappa shape index (κ2) is 5.95. The Kier molecular flexibility index (Phi) is 4.08. The Balaban J connectivity index is 1.96. The van der Waals surface area contributed by atoms with Crippen molar-refractivity contribution in [2.24, 2.45) is 0 Å². The van der Waals surface area contributed by atoms with E-state index in [0.29, 0.717) is 11.6 Å². The first-order chi connectivity index (χ1) is 9.60. The molecule has 0 N–H and O–H groups in total. The molecule has 0 aliphatic carbocycles. The Morgan fingerprint density at radius 1 is 1.50 bits per heavy atom. The first-order valence-corrected chi connectivity index (χ1v) is 5.72. The number of tetrazole rings is 1. The minimum atomic E-state index is -0.497. The molecule has 0 saturated carbocycles. The highest BCUT2D eigenvalue weighted by molar-refractivity contribution is 5.81. The summed E-state index contributed by atoms with van der Waals surface area (Å²) < 4.78 is 9.60. The molecule has 0 fully saturated rings. The molecular formula is C11H13N5O4. The molecule has 1 amide bonds. The van der Waals surface area contributed by atoms with Gasteiger partial charge in [0.1, 0.15) is 13.1 Å². The van der Waals surface area contributed by atoms with Crippen molar-refractivity contribution >= 4 is 11.9 Å². The van der Waals surface area contributed by atoms with Gasteiger partial charge in [0.25, 0.3) is 0 Å². The average Bonchev–Trinajstić information content (AvgIpc) is 3.08. The number of esters is 1. The van der Waals surface area contributed by atoms with E-state index in [2.05, 4.69) is 20.1 Å². The molecule has 20 heavy (non-hydrogen) atoms. The van der Waals surface area contributed by atoms with Crippen LogP contribution in [0.3, 0.4) is 0 Å². The maximum atomic E-state index is 11.8. The SMILES string of the molecule is COC(=O)CN(C)C(=O)Cn1nnc(-c2ccco2)n1. The van der Waals surface area contributed by atoms with Crippen LogP contribution >= 0.6 is 0 Å². The second-order valence-corrected chi connectivity index (χ2v) is 3.95. The van der Waals surface area contributed by atoms with E-state index in [1.54, 1.807) is 12.1 Å². The monoisotopic (exact) mass is 279 g/mol. The van der Waals surface area contributed by atoms with Crippen molar-refractivity contribution in [2.75, 3.05) is 20.7 Å². The Morgan fingerprint density at radius 3 is 2.95 bits per heavy atom. The number of ether oxygens (including phenoxy) is 1. The van der Waals surface area contributed by atoms with Crippen LogP contribution in [0.2, 0.25) is 0 Å². The van der Waals surface area contributed by atoms with Gasteiger partial charge in [-0.15, -0.1) is 10.2 Å². The molecule has 2 aromatic rings. The highest BCUT2D eigenvalue weighted by atomic mass is 16.5. The number of aromatic nitrogens is 4. The number of hydrogen-bond acceptors (Lipinski definition) is 7. The fraction of sp³-hybridized carbons (Fsp3) is 0.364. The van der Waals surface area contributed by atoms with Crippen LogP contribution in [0.1, 0.15) is 0 Å². The summed E-state index contributed by atoms with van der Waals surface area (Å²) in [6, 6.07) is 3.39. The number of furan rings is 1. The first-order valence-electron chi connectivity index (χ1n) is 5.72. The standard InChI is InChI=1S/C11H13N5O4/c1-15(7-10(18)19-2)9(17)6-16-13-11(12-14-16)8-4-3-5-20-8/h3-5H,6-7H2,1-2H3. The van der Waals surface area contributed by atoms with Crippen LogP contribution in [0.5, 0.6) is 0 Å². The number of methoxy groups -OCH3 is 1. The quantitative estimate of drug-likeness (QED) is 0.684.